The van der Waals surface area contributed by atoms with E-state index in [1.807, 2.05) is 13.8 Å². The number of aromatic nitrogens is 1. The zero-order valence-electron chi connectivity index (χ0n) is 12.9. The minimum atomic E-state index is 0.707. The van der Waals surface area contributed by atoms with E-state index in [4.69, 9.17) is 4.52 Å². The van der Waals surface area contributed by atoms with E-state index in [1.165, 1.54) is 16.7 Å². The molecule has 1 N–H and O–H groups in total. The third-order valence-corrected chi connectivity index (χ3v) is 3.48. The van der Waals surface area contributed by atoms with Crippen LogP contribution in [-0.4, -0.2) is 5.16 Å². The first kappa shape index (κ1) is 14.8. The number of benzene rings is 1. The molecular weight excluding hydrogens is 248 g/mol. The monoisotopic (exact) mass is 272 g/mol. The van der Waals surface area contributed by atoms with Crippen LogP contribution in [0.3, 0.4) is 0 Å². The second-order valence-corrected chi connectivity index (χ2v) is 5.82. The lowest BCUT2D eigenvalue weighted by Gasteiger charge is -2.07. The number of hydrogen-bond acceptors (Lipinski definition) is 3. The van der Waals surface area contributed by atoms with Crippen molar-refractivity contribution in [2.45, 2.75) is 47.2 Å². The molecular formula is C17H24N2O. The van der Waals surface area contributed by atoms with Crippen molar-refractivity contribution in [1.82, 2.24) is 10.5 Å². The van der Waals surface area contributed by atoms with Crippen LogP contribution >= 0.6 is 0 Å². The van der Waals surface area contributed by atoms with E-state index in [9.17, 15) is 0 Å². The molecule has 0 atom stereocenters. The largest absolute Gasteiger partial charge is 0.361 e. The zero-order chi connectivity index (χ0) is 14.5. The molecule has 0 aliphatic carbocycles. The minimum Gasteiger partial charge on any atom is -0.361 e. The molecule has 0 unspecified atom stereocenters. The lowest BCUT2D eigenvalue weighted by molar-refractivity contribution is 0.392. The highest BCUT2D eigenvalue weighted by atomic mass is 16.5. The Morgan fingerprint density at radius 3 is 2.25 bits per heavy atom. The molecule has 3 nitrogen and oxygen atoms in total. The van der Waals surface area contributed by atoms with Crippen LogP contribution in [0.1, 0.15) is 42.0 Å². The molecule has 2 rings (SSSR count). The van der Waals surface area contributed by atoms with Gasteiger partial charge in [-0.3, -0.25) is 0 Å². The summed E-state index contributed by atoms with van der Waals surface area (Å²) in [5.74, 6) is 1.61. The lowest BCUT2D eigenvalue weighted by atomic mass is 10.0. The van der Waals surface area contributed by atoms with E-state index in [1.54, 1.807) is 0 Å². The average Bonchev–Trinajstić information content (AvgIpc) is 2.72. The number of nitrogens with zero attached hydrogens (tertiary/aromatic N) is 1. The summed E-state index contributed by atoms with van der Waals surface area (Å²) in [5.41, 5.74) is 4.86. The normalized spacial score (nSPS) is 11.2. The first-order valence-electron chi connectivity index (χ1n) is 7.26. The Morgan fingerprint density at radius 1 is 1.05 bits per heavy atom. The van der Waals surface area contributed by atoms with Gasteiger partial charge in [0.05, 0.1) is 5.69 Å². The average molecular weight is 272 g/mol. The van der Waals surface area contributed by atoms with E-state index in [-0.39, 0.29) is 0 Å². The fourth-order valence-corrected chi connectivity index (χ4v) is 2.35. The number of rotatable bonds is 6. The van der Waals surface area contributed by atoms with E-state index in [2.05, 4.69) is 48.6 Å². The highest BCUT2D eigenvalue weighted by molar-refractivity contribution is 5.24. The van der Waals surface area contributed by atoms with Crippen LogP contribution in [-0.2, 0) is 19.5 Å². The minimum absolute atomic E-state index is 0.707. The third kappa shape index (κ3) is 3.94. The molecule has 2 aromatic rings. The van der Waals surface area contributed by atoms with Crippen molar-refractivity contribution >= 4 is 0 Å². The van der Waals surface area contributed by atoms with Gasteiger partial charge in [-0.15, -0.1) is 0 Å². The summed E-state index contributed by atoms with van der Waals surface area (Å²) in [6.45, 7) is 10.1. The van der Waals surface area contributed by atoms with Gasteiger partial charge in [0.15, 0.2) is 0 Å². The SMILES string of the molecule is Cc1noc(C)c1CNCc1ccc(CC(C)C)cc1. The highest BCUT2D eigenvalue weighted by Crippen LogP contribution is 2.13. The van der Waals surface area contributed by atoms with Crippen molar-refractivity contribution < 1.29 is 4.52 Å². The molecule has 1 aromatic heterocycles. The number of hydrogen-bond donors (Lipinski definition) is 1. The van der Waals surface area contributed by atoms with Crippen LogP contribution in [0.4, 0.5) is 0 Å². The molecule has 0 spiro atoms. The Morgan fingerprint density at radius 2 is 1.70 bits per heavy atom. The van der Waals surface area contributed by atoms with Crippen LogP contribution in [0, 0.1) is 19.8 Å². The summed E-state index contributed by atoms with van der Waals surface area (Å²) in [6, 6.07) is 8.87. The van der Waals surface area contributed by atoms with Gasteiger partial charge >= 0.3 is 0 Å². The van der Waals surface area contributed by atoms with Gasteiger partial charge in [-0.1, -0.05) is 43.3 Å². The van der Waals surface area contributed by atoms with Gasteiger partial charge in [0.1, 0.15) is 5.76 Å². The Hall–Kier alpha value is -1.61. The topological polar surface area (TPSA) is 38.1 Å². The van der Waals surface area contributed by atoms with E-state index >= 15 is 0 Å². The molecule has 20 heavy (non-hydrogen) atoms. The second kappa shape index (κ2) is 6.71. The summed E-state index contributed by atoms with van der Waals surface area (Å²) in [4.78, 5) is 0. The van der Waals surface area contributed by atoms with Gasteiger partial charge in [0.25, 0.3) is 0 Å². The molecule has 3 heteroatoms. The summed E-state index contributed by atoms with van der Waals surface area (Å²) in [7, 11) is 0. The summed E-state index contributed by atoms with van der Waals surface area (Å²) >= 11 is 0. The van der Waals surface area contributed by atoms with Gasteiger partial charge in [-0.2, -0.15) is 0 Å². The first-order valence-corrected chi connectivity index (χ1v) is 7.26. The summed E-state index contributed by atoms with van der Waals surface area (Å²) < 4.78 is 5.16. The predicted octanol–water partition coefficient (Wildman–Crippen LogP) is 3.78. The smallest absolute Gasteiger partial charge is 0.138 e. The Bertz CT molecular complexity index is 521. The zero-order valence-corrected chi connectivity index (χ0v) is 12.9. The van der Waals surface area contributed by atoms with Crippen LogP contribution in [0.25, 0.3) is 0 Å². The maximum Gasteiger partial charge on any atom is 0.138 e. The van der Waals surface area contributed by atoms with Crippen LogP contribution in [0.5, 0.6) is 0 Å². The molecule has 0 saturated carbocycles. The molecule has 0 bridgehead atoms. The van der Waals surface area contributed by atoms with E-state index in [0.717, 1.165) is 31.0 Å². The summed E-state index contributed by atoms with van der Waals surface area (Å²) in [6.07, 6.45) is 1.15. The first-order chi connectivity index (χ1) is 9.56. The Labute approximate surface area is 121 Å². The molecule has 0 saturated heterocycles. The number of aryl methyl sites for hydroxylation is 2. The van der Waals surface area contributed by atoms with Gasteiger partial charge < -0.3 is 9.84 Å². The molecule has 0 amide bonds. The van der Waals surface area contributed by atoms with Crippen LogP contribution in [0.15, 0.2) is 28.8 Å². The quantitative estimate of drug-likeness (QED) is 0.869. The number of nitrogens with one attached hydrogen (secondary N) is 1. The van der Waals surface area contributed by atoms with E-state index < -0.39 is 0 Å². The van der Waals surface area contributed by atoms with Crippen molar-refractivity contribution in [2.75, 3.05) is 0 Å². The summed E-state index contributed by atoms with van der Waals surface area (Å²) in [5, 5.41) is 7.41. The molecule has 0 aliphatic heterocycles. The van der Waals surface area contributed by atoms with Crippen molar-refractivity contribution in [2.24, 2.45) is 5.92 Å². The van der Waals surface area contributed by atoms with Crippen molar-refractivity contribution in [3.63, 3.8) is 0 Å². The second-order valence-electron chi connectivity index (χ2n) is 5.82. The Balaban J connectivity index is 1.85. The fourth-order valence-electron chi connectivity index (χ4n) is 2.35. The van der Waals surface area contributed by atoms with Gasteiger partial charge in [0.2, 0.25) is 0 Å². The molecule has 1 heterocycles. The Kier molecular flexibility index (Phi) is 4.96. The molecule has 0 fully saturated rings. The van der Waals surface area contributed by atoms with Gasteiger partial charge in [-0.25, -0.2) is 0 Å². The van der Waals surface area contributed by atoms with Crippen molar-refractivity contribution in [1.29, 1.82) is 0 Å². The maximum atomic E-state index is 5.16. The third-order valence-electron chi connectivity index (χ3n) is 3.48. The lowest BCUT2D eigenvalue weighted by Crippen LogP contribution is -2.13. The standard InChI is InChI=1S/C17H24N2O/c1-12(2)9-15-5-7-16(8-6-15)10-18-11-17-13(3)19-20-14(17)4/h5-8,12,18H,9-11H2,1-4H3. The maximum absolute atomic E-state index is 5.16. The molecule has 0 radical (unpaired) electrons. The van der Waals surface area contributed by atoms with Crippen LogP contribution < -0.4 is 5.32 Å². The molecule has 0 aliphatic rings. The fraction of sp³-hybridized carbons (Fsp3) is 0.471. The highest BCUT2D eigenvalue weighted by Gasteiger charge is 2.07. The molecule has 1 aromatic carbocycles. The van der Waals surface area contributed by atoms with Gasteiger partial charge in [-0.05, 0) is 37.3 Å². The molecule has 108 valence electrons. The van der Waals surface area contributed by atoms with Crippen molar-refractivity contribution in [3.05, 3.63) is 52.4 Å². The predicted molar refractivity (Wildman–Crippen MR) is 81.5 cm³/mol. The van der Waals surface area contributed by atoms with Crippen molar-refractivity contribution in [3.8, 4) is 0 Å². The van der Waals surface area contributed by atoms with Crippen LogP contribution in [0.2, 0.25) is 0 Å². The van der Waals surface area contributed by atoms with E-state index in [0.29, 0.717) is 5.92 Å². The van der Waals surface area contributed by atoms with Gasteiger partial charge in [0, 0.05) is 18.7 Å².